The maximum absolute atomic E-state index is 12.3. The fraction of sp³-hybridized carbons (Fsp3) is 0.643. The average molecular weight is 313 g/mol. The summed E-state index contributed by atoms with van der Waals surface area (Å²) in [6, 6.07) is -0.248. The fourth-order valence-corrected chi connectivity index (χ4v) is 3.03. The first kappa shape index (κ1) is 17.6. The molecule has 0 aliphatic rings. The van der Waals surface area contributed by atoms with E-state index >= 15 is 0 Å². The summed E-state index contributed by atoms with van der Waals surface area (Å²) in [7, 11) is 1.56. The van der Waals surface area contributed by atoms with Crippen molar-refractivity contribution in [3.8, 4) is 0 Å². The molecule has 3 N–H and O–H groups in total. The van der Waals surface area contributed by atoms with Crippen LogP contribution in [-0.2, 0) is 4.79 Å². The summed E-state index contributed by atoms with van der Waals surface area (Å²) < 4.78 is 4.02. The Morgan fingerprint density at radius 2 is 2.00 bits per heavy atom. The van der Waals surface area contributed by atoms with Crippen LogP contribution in [-0.4, -0.2) is 34.4 Å². The SMILES string of the molecule is Cc1nsc(N(C)C(=O)CC(N)CC(C)(C)C)c1C(=O)O. The number of carboxylic acids is 1. The first-order valence-corrected chi connectivity index (χ1v) is 7.52. The Kier molecular flexibility index (Phi) is 5.47. The highest BCUT2D eigenvalue weighted by molar-refractivity contribution is 7.11. The van der Waals surface area contributed by atoms with Crippen LogP contribution in [0.2, 0.25) is 0 Å². The number of nitrogens with two attached hydrogens (primary N) is 1. The van der Waals surface area contributed by atoms with Crippen LogP contribution >= 0.6 is 11.5 Å². The summed E-state index contributed by atoms with van der Waals surface area (Å²) in [6.07, 6.45) is 0.907. The Hall–Kier alpha value is -1.47. The van der Waals surface area contributed by atoms with Crippen molar-refractivity contribution in [3.05, 3.63) is 11.3 Å². The largest absolute Gasteiger partial charge is 0.478 e. The van der Waals surface area contributed by atoms with Crippen molar-refractivity contribution in [2.45, 2.75) is 46.6 Å². The van der Waals surface area contributed by atoms with Crippen LogP contribution in [0.15, 0.2) is 0 Å². The minimum atomic E-state index is -1.07. The molecule has 118 valence electrons. The highest BCUT2D eigenvalue weighted by Gasteiger charge is 2.26. The maximum Gasteiger partial charge on any atom is 0.340 e. The molecule has 0 saturated heterocycles. The second-order valence-electron chi connectivity index (χ2n) is 6.44. The van der Waals surface area contributed by atoms with Crippen molar-refractivity contribution in [2.75, 3.05) is 11.9 Å². The highest BCUT2D eigenvalue weighted by Crippen LogP contribution is 2.29. The normalized spacial score (nSPS) is 13.0. The van der Waals surface area contributed by atoms with Gasteiger partial charge >= 0.3 is 5.97 Å². The molecule has 0 fully saturated rings. The van der Waals surface area contributed by atoms with Crippen molar-refractivity contribution >= 4 is 28.4 Å². The van der Waals surface area contributed by atoms with Crippen molar-refractivity contribution in [2.24, 2.45) is 11.1 Å². The van der Waals surface area contributed by atoms with Crippen molar-refractivity contribution in [1.82, 2.24) is 4.37 Å². The number of aromatic carboxylic acids is 1. The van der Waals surface area contributed by atoms with Crippen LogP contribution in [0.1, 0.15) is 49.7 Å². The standard InChI is InChI=1S/C14H23N3O3S/c1-8-11(13(19)20)12(21-16-8)17(5)10(18)6-9(15)7-14(2,3)4/h9H,6-7,15H2,1-5H3,(H,19,20). The molecule has 1 unspecified atom stereocenters. The summed E-state index contributed by atoms with van der Waals surface area (Å²) >= 11 is 1.01. The van der Waals surface area contributed by atoms with Gasteiger partial charge in [0.1, 0.15) is 10.6 Å². The van der Waals surface area contributed by atoms with Gasteiger partial charge in [0.25, 0.3) is 0 Å². The zero-order valence-electron chi connectivity index (χ0n) is 13.1. The first-order valence-electron chi connectivity index (χ1n) is 6.74. The van der Waals surface area contributed by atoms with Crippen LogP contribution in [0.25, 0.3) is 0 Å². The van der Waals surface area contributed by atoms with Gasteiger partial charge in [-0.2, -0.15) is 4.37 Å². The third-order valence-corrected chi connectivity index (χ3v) is 4.06. The Balaban J connectivity index is 2.82. The third-order valence-electron chi connectivity index (χ3n) is 3.05. The van der Waals surface area contributed by atoms with E-state index in [2.05, 4.69) is 25.1 Å². The fourth-order valence-electron chi connectivity index (χ4n) is 2.17. The Morgan fingerprint density at radius 1 is 1.43 bits per heavy atom. The van der Waals surface area contributed by atoms with E-state index in [0.717, 1.165) is 18.0 Å². The van der Waals surface area contributed by atoms with E-state index in [9.17, 15) is 14.7 Å². The summed E-state index contributed by atoms with van der Waals surface area (Å²) in [4.78, 5) is 24.8. The molecule has 1 aromatic rings. The molecular formula is C14H23N3O3S. The topological polar surface area (TPSA) is 96.5 Å². The number of aromatic nitrogens is 1. The predicted molar refractivity (Wildman–Crippen MR) is 83.9 cm³/mol. The van der Waals surface area contributed by atoms with Gasteiger partial charge in [0, 0.05) is 19.5 Å². The van der Waals surface area contributed by atoms with Gasteiger partial charge in [-0.05, 0) is 30.3 Å². The molecule has 0 aliphatic heterocycles. The number of carbonyl (C=O) groups is 2. The monoisotopic (exact) mass is 313 g/mol. The molecule has 0 radical (unpaired) electrons. The zero-order chi connectivity index (χ0) is 16.4. The number of rotatable bonds is 5. The number of nitrogens with zero attached hydrogens (tertiary/aromatic N) is 2. The number of anilines is 1. The summed E-state index contributed by atoms with van der Waals surface area (Å²) in [6.45, 7) is 7.81. The summed E-state index contributed by atoms with van der Waals surface area (Å²) in [5, 5.41) is 9.56. The van der Waals surface area contributed by atoms with Crippen LogP contribution in [0, 0.1) is 12.3 Å². The van der Waals surface area contributed by atoms with Gasteiger partial charge in [-0.1, -0.05) is 20.8 Å². The van der Waals surface area contributed by atoms with E-state index in [0.29, 0.717) is 10.7 Å². The molecule has 0 aliphatic carbocycles. The molecular weight excluding hydrogens is 290 g/mol. The molecule has 21 heavy (non-hydrogen) atoms. The second kappa shape index (κ2) is 6.53. The Bertz CT molecular complexity index is 534. The lowest BCUT2D eigenvalue weighted by atomic mass is 9.87. The van der Waals surface area contributed by atoms with Gasteiger partial charge in [-0.15, -0.1) is 0 Å². The minimum absolute atomic E-state index is 0.0472. The average Bonchev–Trinajstić information content (AvgIpc) is 2.67. The molecule has 0 spiro atoms. The van der Waals surface area contributed by atoms with E-state index < -0.39 is 5.97 Å². The highest BCUT2D eigenvalue weighted by atomic mass is 32.1. The van der Waals surface area contributed by atoms with Gasteiger partial charge in [0.15, 0.2) is 0 Å². The van der Waals surface area contributed by atoms with Gasteiger partial charge in [-0.3, -0.25) is 4.79 Å². The van der Waals surface area contributed by atoms with Crippen LogP contribution < -0.4 is 10.6 Å². The molecule has 1 amide bonds. The Morgan fingerprint density at radius 3 is 2.48 bits per heavy atom. The van der Waals surface area contributed by atoms with Gasteiger partial charge in [0.2, 0.25) is 5.91 Å². The first-order chi connectivity index (χ1) is 9.53. The number of hydrogen-bond acceptors (Lipinski definition) is 5. The number of carbonyl (C=O) groups excluding carboxylic acids is 1. The molecule has 0 saturated carbocycles. The maximum atomic E-state index is 12.3. The molecule has 1 aromatic heterocycles. The van der Waals surface area contributed by atoms with E-state index in [4.69, 9.17) is 5.73 Å². The number of amides is 1. The minimum Gasteiger partial charge on any atom is -0.478 e. The molecule has 0 bridgehead atoms. The van der Waals surface area contributed by atoms with E-state index in [1.165, 1.54) is 4.90 Å². The number of carboxylic acid groups (broad SMARTS) is 1. The molecule has 1 atom stereocenters. The van der Waals surface area contributed by atoms with Gasteiger partial charge < -0.3 is 15.7 Å². The summed E-state index contributed by atoms with van der Waals surface area (Å²) in [5.74, 6) is -1.27. The smallest absolute Gasteiger partial charge is 0.340 e. The predicted octanol–water partition coefficient (Wildman–Crippen LogP) is 2.27. The van der Waals surface area contributed by atoms with Crippen LogP contribution in [0.5, 0.6) is 0 Å². The van der Waals surface area contributed by atoms with Crippen molar-refractivity contribution in [1.29, 1.82) is 0 Å². The molecule has 0 aromatic carbocycles. The number of aryl methyl sites for hydroxylation is 1. The van der Waals surface area contributed by atoms with Gasteiger partial charge in [-0.25, -0.2) is 4.79 Å². The summed E-state index contributed by atoms with van der Waals surface area (Å²) in [5.41, 5.74) is 6.55. The van der Waals surface area contributed by atoms with E-state index in [1.807, 2.05) is 0 Å². The lowest BCUT2D eigenvalue weighted by Crippen LogP contribution is -2.35. The van der Waals surface area contributed by atoms with E-state index in [1.54, 1.807) is 14.0 Å². The molecule has 1 heterocycles. The van der Waals surface area contributed by atoms with Gasteiger partial charge in [0.05, 0.1) is 5.69 Å². The van der Waals surface area contributed by atoms with Crippen LogP contribution in [0.3, 0.4) is 0 Å². The van der Waals surface area contributed by atoms with Crippen LogP contribution in [0.4, 0.5) is 5.00 Å². The molecule has 7 heteroatoms. The van der Waals surface area contributed by atoms with E-state index in [-0.39, 0.29) is 29.3 Å². The van der Waals surface area contributed by atoms with Crippen molar-refractivity contribution in [3.63, 3.8) is 0 Å². The molecule has 1 rings (SSSR count). The second-order valence-corrected chi connectivity index (χ2v) is 7.19. The molecule has 6 nitrogen and oxygen atoms in total. The quantitative estimate of drug-likeness (QED) is 0.869. The lowest BCUT2D eigenvalue weighted by molar-refractivity contribution is -0.118. The third kappa shape index (κ3) is 4.78. The zero-order valence-corrected chi connectivity index (χ0v) is 14.0. The lowest BCUT2D eigenvalue weighted by Gasteiger charge is -2.24. The van der Waals surface area contributed by atoms with Crippen molar-refractivity contribution < 1.29 is 14.7 Å². The number of hydrogen-bond donors (Lipinski definition) is 2. The Labute approximate surface area is 129 Å².